The van der Waals surface area contributed by atoms with Crippen molar-refractivity contribution < 1.29 is 4.92 Å². The van der Waals surface area contributed by atoms with Gasteiger partial charge in [0, 0.05) is 34.9 Å². The summed E-state index contributed by atoms with van der Waals surface area (Å²) in [5.74, 6) is 0. The van der Waals surface area contributed by atoms with Crippen molar-refractivity contribution in [3.05, 3.63) is 63.8 Å². The van der Waals surface area contributed by atoms with Crippen molar-refractivity contribution in [1.29, 1.82) is 5.26 Å². The number of aromatic nitrogens is 1. The maximum absolute atomic E-state index is 11.4. The van der Waals surface area contributed by atoms with Crippen molar-refractivity contribution >= 4 is 28.0 Å². The second kappa shape index (κ2) is 7.33. The summed E-state index contributed by atoms with van der Waals surface area (Å²) in [6, 6.07) is 12.8. The Bertz CT molecular complexity index is 1080. The molecule has 7 nitrogen and oxygen atoms in total. The van der Waals surface area contributed by atoms with Crippen LogP contribution in [-0.2, 0) is 6.42 Å². The van der Waals surface area contributed by atoms with Crippen molar-refractivity contribution in [3.63, 3.8) is 0 Å². The van der Waals surface area contributed by atoms with Gasteiger partial charge in [0.05, 0.1) is 16.6 Å². The van der Waals surface area contributed by atoms with Crippen LogP contribution in [-0.4, -0.2) is 34.4 Å². The first-order valence-electron chi connectivity index (χ1n) is 9.31. The molecule has 0 radical (unpaired) electrons. The fourth-order valence-electron chi connectivity index (χ4n) is 3.93. The summed E-state index contributed by atoms with van der Waals surface area (Å²) < 4.78 is 0. The van der Waals surface area contributed by atoms with Crippen LogP contribution < -0.4 is 5.32 Å². The summed E-state index contributed by atoms with van der Waals surface area (Å²) in [5.41, 5.74) is 3.61. The van der Waals surface area contributed by atoms with Gasteiger partial charge in [-0.2, -0.15) is 5.26 Å². The molecule has 0 amide bonds. The van der Waals surface area contributed by atoms with Gasteiger partial charge >= 0.3 is 0 Å². The van der Waals surface area contributed by atoms with Crippen molar-refractivity contribution in [2.75, 3.05) is 18.9 Å². The van der Waals surface area contributed by atoms with E-state index in [-0.39, 0.29) is 11.3 Å². The molecule has 142 valence electrons. The fraction of sp³-hybridized carbons (Fsp3) is 0.286. The largest absolute Gasteiger partial charge is 0.361 e. The minimum Gasteiger partial charge on any atom is -0.361 e. The number of nitrogens with one attached hydrogen (secondary N) is 2. The third-order valence-electron chi connectivity index (χ3n) is 5.50. The fourth-order valence-corrected chi connectivity index (χ4v) is 3.93. The van der Waals surface area contributed by atoms with E-state index in [1.807, 2.05) is 24.3 Å². The molecule has 0 spiro atoms. The Morgan fingerprint density at radius 3 is 2.93 bits per heavy atom. The lowest BCUT2D eigenvalue weighted by molar-refractivity contribution is -0.383. The molecule has 1 aromatic heterocycles. The van der Waals surface area contributed by atoms with Crippen molar-refractivity contribution in [3.8, 4) is 6.07 Å². The number of fused-ring (bicyclic) bond motifs is 1. The first kappa shape index (κ1) is 18.0. The van der Waals surface area contributed by atoms with Crippen LogP contribution in [0.2, 0.25) is 0 Å². The minimum absolute atomic E-state index is 0.110. The summed E-state index contributed by atoms with van der Waals surface area (Å²) in [5, 5.41) is 24.6. The molecule has 28 heavy (non-hydrogen) atoms. The lowest BCUT2D eigenvalue weighted by atomic mass is 10.0. The molecule has 0 aliphatic carbocycles. The van der Waals surface area contributed by atoms with Gasteiger partial charge in [0.25, 0.3) is 5.69 Å². The molecule has 2 aromatic carbocycles. The Morgan fingerprint density at radius 2 is 2.21 bits per heavy atom. The monoisotopic (exact) mass is 375 g/mol. The highest BCUT2D eigenvalue weighted by molar-refractivity contribution is 5.88. The standard InChI is InChI=1S/C21H21N5O2/c1-25-8-2-3-17(25)10-15-13-23-19-7-5-16(11-18(15)19)24-20-6-4-14(12-22)9-21(20)26(27)28/h4-7,9,11,13,17,23-24H,2-3,8,10H2,1H3/t17-/m1/s1. The predicted molar refractivity (Wildman–Crippen MR) is 109 cm³/mol. The van der Waals surface area contributed by atoms with Crippen LogP contribution in [0.25, 0.3) is 10.9 Å². The average molecular weight is 375 g/mol. The average Bonchev–Trinajstić information content (AvgIpc) is 3.28. The van der Waals surface area contributed by atoms with Gasteiger partial charge in [-0.3, -0.25) is 10.1 Å². The molecular weight excluding hydrogens is 354 g/mol. The summed E-state index contributed by atoms with van der Waals surface area (Å²) in [6.07, 6.45) is 5.49. The zero-order valence-electron chi connectivity index (χ0n) is 15.6. The van der Waals surface area contributed by atoms with Crippen LogP contribution in [0.1, 0.15) is 24.0 Å². The van der Waals surface area contributed by atoms with Crippen LogP contribution in [0.15, 0.2) is 42.6 Å². The van der Waals surface area contributed by atoms with Crippen molar-refractivity contribution in [1.82, 2.24) is 9.88 Å². The Hall–Kier alpha value is -3.37. The Labute approximate surface area is 162 Å². The molecule has 0 unspecified atom stereocenters. The summed E-state index contributed by atoms with van der Waals surface area (Å²) >= 11 is 0. The summed E-state index contributed by atoms with van der Waals surface area (Å²) in [4.78, 5) is 16.6. The lowest BCUT2D eigenvalue weighted by Gasteiger charge is -2.18. The minimum atomic E-state index is -0.473. The van der Waals surface area contributed by atoms with Gasteiger partial charge in [0.15, 0.2) is 0 Å². The molecule has 1 atom stereocenters. The number of hydrogen-bond donors (Lipinski definition) is 2. The zero-order valence-corrected chi connectivity index (χ0v) is 15.6. The number of nitro groups is 1. The zero-order chi connectivity index (χ0) is 19.7. The van der Waals surface area contributed by atoms with Crippen molar-refractivity contribution in [2.24, 2.45) is 0 Å². The third-order valence-corrected chi connectivity index (χ3v) is 5.50. The lowest BCUT2D eigenvalue weighted by Crippen LogP contribution is -2.26. The van der Waals surface area contributed by atoms with Crippen LogP contribution in [0.4, 0.5) is 17.1 Å². The first-order valence-corrected chi connectivity index (χ1v) is 9.31. The van der Waals surface area contributed by atoms with Gasteiger partial charge in [-0.05, 0) is 68.8 Å². The molecule has 2 N–H and O–H groups in total. The molecular formula is C21H21N5O2. The Kier molecular flexibility index (Phi) is 4.72. The quantitative estimate of drug-likeness (QED) is 0.511. The van der Waals surface area contributed by atoms with Gasteiger partial charge in [-0.25, -0.2) is 0 Å². The number of H-pyrrole nitrogens is 1. The topological polar surface area (TPSA) is 98.0 Å². The molecule has 2 heterocycles. The van der Waals surface area contributed by atoms with E-state index in [0.29, 0.717) is 11.7 Å². The number of nitrogens with zero attached hydrogens (tertiary/aromatic N) is 3. The normalized spacial score (nSPS) is 16.9. The molecule has 1 aliphatic rings. The van der Waals surface area contributed by atoms with E-state index >= 15 is 0 Å². The van der Waals surface area contributed by atoms with Crippen LogP contribution >= 0.6 is 0 Å². The molecule has 1 aliphatic heterocycles. The summed E-state index contributed by atoms with van der Waals surface area (Å²) in [6.45, 7) is 1.14. The second-order valence-corrected chi connectivity index (χ2v) is 7.28. The van der Waals surface area contributed by atoms with Crippen LogP contribution in [0.3, 0.4) is 0 Å². The van der Waals surface area contributed by atoms with E-state index in [1.54, 1.807) is 12.1 Å². The van der Waals surface area contributed by atoms with E-state index < -0.39 is 4.92 Å². The van der Waals surface area contributed by atoms with E-state index in [9.17, 15) is 10.1 Å². The van der Waals surface area contributed by atoms with Gasteiger partial charge in [0.2, 0.25) is 0 Å². The highest BCUT2D eigenvalue weighted by atomic mass is 16.6. The molecule has 1 saturated heterocycles. The number of hydrogen-bond acceptors (Lipinski definition) is 5. The predicted octanol–water partition coefficient (Wildman–Crippen LogP) is 4.33. The number of benzene rings is 2. The van der Waals surface area contributed by atoms with E-state index in [0.717, 1.165) is 29.6 Å². The molecule has 1 fully saturated rings. The number of likely N-dealkylation sites (N-methyl/N-ethyl adjacent to an activating group) is 1. The highest BCUT2D eigenvalue weighted by Gasteiger charge is 2.22. The smallest absolute Gasteiger partial charge is 0.293 e. The van der Waals surface area contributed by atoms with Crippen LogP contribution in [0, 0.1) is 21.4 Å². The van der Waals surface area contributed by atoms with Gasteiger partial charge in [-0.1, -0.05) is 0 Å². The maximum Gasteiger partial charge on any atom is 0.293 e. The SMILES string of the molecule is CN1CCC[C@@H]1Cc1c[nH]c2ccc(Nc3ccc(C#N)cc3[N+](=O)[O-])cc12. The van der Waals surface area contributed by atoms with E-state index in [2.05, 4.69) is 28.4 Å². The van der Waals surface area contributed by atoms with Crippen molar-refractivity contribution in [2.45, 2.75) is 25.3 Å². The number of aromatic amines is 1. The number of rotatable bonds is 5. The first-order chi connectivity index (χ1) is 13.5. The molecule has 7 heteroatoms. The Balaban J connectivity index is 1.64. The summed E-state index contributed by atoms with van der Waals surface area (Å²) in [7, 11) is 2.17. The van der Waals surface area contributed by atoms with Gasteiger partial charge < -0.3 is 15.2 Å². The van der Waals surface area contributed by atoms with E-state index in [1.165, 1.54) is 24.5 Å². The highest BCUT2D eigenvalue weighted by Crippen LogP contribution is 2.31. The van der Waals surface area contributed by atoms with E-state index in [4.69, 9.17) is 5.26 Å². The number of likely N-dealkylation sites (tertiary alicyclic amines) is 1. The Morgan fingerprint density at radius 1 is 1.36 bits per heavy atom. The van der Waals surface area contributed by atoms with Gasteiger partial charge in [-0.15, -0.1) is 0 Å². The third kappa shape index (κ3) is 3.42. The molecule has 4 rings (SSSR count). The second-order valence-electron chi connectivity index (χ2n) is 7.28. The maximum atomic E-state index is 11.4. The number of nitriles is 1. The molecule has 3 aromatic rings. The molecule has 0 saturated carbocycles. The number of nitro benzene ring substituents is 1. The molecule has 0 bridgehead atoms. The van der Waals surface area contributed by atoms with Gasteiger partial charge in [0.1, 0.15) is 5.69 Å². The van der Waals surface area contributed by atoms with Crippen LogP contribution in [0.5, 0.6) is 0 Å². The number of anilines is 2.